The normalized spacial score (nSPS) is 8.18. The van der Waals surface area contributed by atoms with E-state index in [0.29, 0.717) is 11.1 Å². The third-order valence-electron chi connectivity index (χ3n) is 1.85. The van der Waals surface area contributed by atoms with Gasteiger partial charge in [-0.2, -0.15) is 10.5 Å². The number of benzene rings is 2. The summed E-state index contributed by atoms with van der Waals surface area (Å²) in [5.41, 5.74) is 1.05. The topological polar surface area (TPSA) is 47.6 Å². The molecule has 0 aliphatic carbocycles. The van der Waals surface area contributed by atoms with Gasteiger partial charge in [0.05, 0.1) is 23.3 Å². The van der Waals surface area contributed by atoms with Crippen LogP contribution < -0.4 is 0 Å². The molecule has 0 saturated heterocycles. The van der Waals surface area contributed by atoms with E-state index >= 15 is 0 Å². The first-order valence-electron chi connectivity index (χ1n) is 4.87. The van der Waals surface area contributed by atoms with Gasteiger partial charge in [-0.3, -0.25) is 0 Å². The quantitative estimate of drug-likeness (QED) is 0.704. The first-order valence-corrected chi connectivity index (χ1v) is 5.25. The Kier molecular flexibility index (Phi) is 5.31. The van der Waals surface area contributed by atoms with Gasteiger partial charge in [-0.1, -0.05) is 35.9 Å². The molecule has 0 fully saturated rings. The molecule has 0 N–H and O–H groups in total. The molecule has 0 saturated carbocycles. The van der Waals surface area contributed by atoms with Crippen LogP contribution in [0.25, 0.3) is 0 Å². The summed E-state index contributed by atoms with van der Waals surface area (Å²) in [7, 11) is 0. The Balaban J connectivity index is 0.000000181. The van der Waals surface area contributed by atoms with E-state index in [1.54, 1.807) is 24.3 Å². The summed E-state index contributed by atoms with van der Waals surface area (Å²) in [6.45, 7) is 0. The molecule has 0 heterocycles. The fraction of sp³-hybridized carbons (Fsp3) is 0. The molecular weight excluding hydrogens is 232 g/mol. The van der Waals surface area contributed by atoms with E-state index in [4.69, 9.17) is 22.1 Å². The molecule has 2 nitrogen and oxygen atoms in total. The summed E-state index contributed by atoms with van der Waals surface area (Å²) in [6, 6.07) is 19.9. The third-order valence-corrected chi connectivity index (χ3v) is 2.11. The van der Waals surface area contributed by atoms with Crippen LogP contribution in [-0.2, 0) is 0 Å². The lowest BCUT2D eigenvalue weighted by Crippen LogP contribution is -1.75. The van der Waals surface area contributed by atoms with E-state index in [2.05, 4.69) is 0 Å². The Hall–Kier alpha value is -2.29. The van der Waals surface area contributed by atoms with Gasteiger partial charge in [0, 0.05) is 5.02 Å². The van der Waals surface area contributed by atoms with Gasteiger partial charge in [0.1, 0.15) is 0 Å². The number of hydrogen-bond donors (Lipinski definition) is 0. The molecule has 0 atom stereocenters. The third kappa shape index (κ3) is 4.84. The van der Waals surface area contributed by atoms with Crippen molar-refractivity contribution in [1.29, 1.82) is 10.5 Å². The van der Waals surface area contributed by atoms with Crippen molar-refractivity contribution in [1.82, 2.24) is 0 Å². The highest BCUT2D eigenvalue weighted by molar-refractivity contribution is 6.30. The molecule has 0 bridgehead atoms. The van der Waals surface area contributed by atoms with Crippen molar-refractivity contribution in [3.8, 4) is 12.1 Å². The van der Waals surface area contributed by atoms with Gasteiger partial charge in [0.2, 0.25) is 0 Å². The Morgan fingerprint density at radius 2 is 1.29 bits per heavy atom. The van der Waals surface area contributed by atoms with Crippen molar-refractivity contribution in [2.75, 3.05) is 0 Å². The number of nitrogens with zero attached hydrogens (tertiary/aromatic N) is 2. The van der Waals surface area contributed by atoms with Crippen LogP contribution in [0.4, 0.5) is 0 Å². The first kappa shape index (κ1) is 12.8. The van der Waals surface area contributed by atoms with E-state index < -0.39 is 0 Å². The van der Waals surface area contributed by atoms with Crippen molar-refractivity contribution in [2.24, 2.45) is 0 Å². The zero-order valence-corrected chi connectivity index (χ0v) is 9.72. The van der Waals surface area contributed by atoms with Crippen molar-refractivity contribution in [3.05, 3.63) is 70.7 Å². The largest absolute Gasteiger partial charge is 0.192 e. The van der Waals surface area contributed by atoms with E-state index in [1.165, 1.54) is 0 Å². The van der Waals surface area contributed by atoms with Gasteiger partial charge >= 0.3 is 0 Å². The minimum Gasteiger partial charge on any atom is -0.192 e. The maximum atomic E-state index is 8.40. The van der Waals surface area contributed by atoms with Crippen LogP contribution in [0.1, 0.15) is 11.1 Å². The van der Waals surface area contributed by atoms with Gasteiger partial charge in [0.25, 0.3) is 0 Å². The molecule has 2 rings (SSSR count). The number of hydrogen-bond acceptors (Lipinski definition) is 2. The summed E-state index contributed by atoms with van der Waals surface area (Å²) < 4.78 is 0. The summed E-state index contributed by atoms with van der Waals surface area (Å²) >= 11 is 5.54. The molecule has 82 valence electrons. The second-order valence-electron chi connectivity index (χ2n) is 3.10. The predicted octanol–water partition coefficient (Wildman–Crippen LogP) is 3.77. The highest BCUT2D eigenvalue weighted by Crippen LogP contribution is 2.03. The lowest BCUT2D eigenvalue weighted by molar-refractivity contribution is 1.45. The summed E-state index contributed by atoms with van der Waals surface area (Å²) in [6.07, 6.45) is 0. The van der Waals surface area contributed by atoms with E-state index in [9.17, 15) is 0 Å². The highest BCUT2D eigenvalue weighted by Gasteiger charge is 1.90. The van der Waals surface area contributed by atoms with Gasteiger partial charge in [-0.05, 0) is 30.3 Å². The predicted molar refractivity (Wildman–Crippen MR) is 67.3 cm³/mol. The fourth-order valence-corrected chi connectivity index (χ4v) is 1.22. The lowest BCUT2D eigenvalue weighted by Gasteiger charge is -1.86. The van der Waals surface area contributed by atoms with E-state index in [1.807, 2.05) is 42.5 Å². The lowest BCUT2D eigenvalue weighted by atomic mass is 10.2. The molecule has 0 unspecified atom stereocenters. The molecule has 2 aromatic carbocycles. The minimum absolute atomic E-state index is 0.527. The number of rotatable bonds is 0. The van der Waals surface area contributed by atoms with Crippen LogP contribution in [0.3, 0.4) is 0 Å². The van der Waals surface area contributed by atoms with Crippen LogP contribution >= 0.6 is 11.6 Å². The standard InChI is InChI=1S/C8H4N2.C6H5Cl/c9-5-7-2-1-3-8(4-7)6-10;7-6-4-2-1-3-5-6/h1-4H;1-5H. The molecule has 0 radical (unpaired) electrons. The number of halogens is 1. The van der Waals surface area contributed by atoms with Crippen LogP contribution in [0.15, 0.2) is 54.6 Å². The highest BCUT2D eigenvalue weighted by atomic mass is 35.5. The Bertz CT molecular complexity index is 521. The Morgan fingerprint density at radius 3 is 1.65 bits per heavy atom. The summed E-state index contributed by atoms with van der Waals surface area (Å²) in [5, 5.41) is 17.6. The van der Waals surface area contributed by atoms with Crippen LogP contribution in [0, 0.1) is 22.7 Å². The Morgan fingerprint density at radius 1 is 0.765 bits per heavy atom. The summed E-state index contributed by atoms with van der Waals surface area (Å²) in [5.74, 6) is 0. The second kappa shape index (κ2) is 7.06. The van der Waals surface area contributed by atoms with Gasteiger partial charge in [-0.25, -0.2) is 0 Å². The van der Waals surface area contributed by atoms with Crippen LogP contribution in [0.2, 0.25) is 5.02 Å². The van der Waals surface area contributed by atoms with E-state index in [-0.39, 0.29) is 0 Å². The van der Waals surface area contributed by atoms with E-state index in [0.717, 1.165) is 5.02 Å². The molecule has 17 heavy (non-hydrogen) atoms. The van der Waals surface area contributed by atoms with Crippen molar-refractivity contribution in [2.45, 2.75) is 0 Å². The molecule has 0 aliphatic heterocycles. The molecule has 2 aromatic rings. The zero-order chi connectivity index (χ0) is 12.5. The zero-order valence-electron chi connectivity index (χ0n) is 8.97. The number of nitriles is 2. The molecule has 0 spiro atoms. The minimum atomic E-state index is 0.527. The monoisotopic (exact) mass is 240 g/mol. The van der Waals surface area contributed by atoms with Crippen LogP contribution in [-0.4, -0.2) is 0 Å². The Labute approximate surface area is 105 Å². The second-order valence-corrected chi connectivity index (χ2v) is 3.54. The van der Waals surface area contributed by atoms with Gasteiger partial charge < -0.3 is 0 Å². The first-order chi connectivity index (χ1) is 8.26. The maximum Gasteiger partial charge on any atom is 0.0992 e. The maximum absolute atomic E-state index is 8.40. The van der Waals surface area contributed by atoms with Crippen molar-refractivity contribution in [3.63, 3.8) is 0 Å². The van der Waals surface area contributed by atoms with Crippen LogP contribution in [0.5, 0.6) is 0 Å². The SMILES string of the molecule is Clc1ccccc1.N#Cc1cccc(C#N)c1. The smallest absolute Gasteiger partial charge is 0.0992 e. The molecule has 0 aromatic heterocycles. The molecule has 0 amide bonds. The van der Waals surface area contributed by atoms with Crippen molar-refractivity contribution >= 4 is 11.6 Å². The average Bonchev–Trinajstić information content (AvgIpc) is 2.40. The van der Waals surface area contributed by atoms with Gasteiger partial charge in [-0.15, -0.1) is 0 Å². The fourth-order valence-electron chi connectivity index (χ4n) is 1.07. The molecule has 0 aliphatic rings. The molecule has 3 heteroatoms. The molecular formula is C14H9ClN2. The average molecular weight is 241 g/mol. The summed E-state index contributed by atoms with van der Waals surface area (Å²) in [4.78, 5) is 0. The van der Waals surface area contributed by atoms with Gasteiger partial charge in [0.15, 0.2) is 0 Å². The van der Waals surface area contributed by atoms with Crippen molar-refractivity contribution < 1.29 is 0 Å².